The first kappa shape index (κ1) is 25.9. The highest BCUT2D eigenvalue weighted by Crippen LogP contribution is 2.51. The maximum absolute atomic E-state index is 14.7. The number of pyridine rings is 1. The predicted octanol–water partition coefficient (Wildman–Crippen LogP) is 7.10. The molecule has 0 saturated carbocycles. The minimum Gasteiger partial charge on any atom is -0.374 e. The number of benzene rings is 1. The van der Waals surface area contributed by atoms with Gasteiger partial charge in [-0.2, -0.15) is 26.3 Å². The molecule has 0 aliphatic carbocycles. The molecule has 1 amide bonds. The molecule has 0 bridgehead atoms. The van der Waals surface area contributed by atoms with Gasteiger partial charge in [-0.25, -0.2) is 4.39 Å². The van der Waals surface area contributed by atoms with Crippen LogP contribution in [0.3, 0.4) is 0 Å². The lowest BCUT2D eigenvalue weighted by molar-refractivity contribution is -0.276. The summed E-state index contributed by atoms with van der Waals surface area (Å²) in [5, 5.41) is 4.90. The number of anilines is 1. The Hall–Kier alpha value is -3.19. The largest absolute Gasteiger partial charge is 0.435 e. The van der Waals surface area contributed by atoms with Crippen molar-refractivity contribution in [2.45, 2.75) is 31.3 Å². The number of amides is 1. The molecule has 0 saturated heterocycles. The van der Waals surface area contributed by atoms with E-state index in [2.05, 4.69) is 20.3 Å². The Morgan fingerprint density at radius 2 is 1.81 bits per heavy atom. The average Bonchev–Trinajstić information content (AvgIpc) is 3.40. The summed E-state index contributed by atoms with van der Waals surface area (Å²) in [7, 11) is 0. The molecule has 36 heavy (non-hydrogen) atoms. The van der Waals surface area contributed by atoms with Gasteiger partial charge in [0.15, 0.2) is 0 Å². The van der Waals surface area contributed by atoms with E-state index in [-0.39, 0.29) is 27.6 Å². The predicted molar refractivity (Wildman–Crippen MR) is 118 cm³/mol. The van der Waals surface area contributed by atoms with E-state index in [0.29, 0.717) is 11.3 Å². The van der Waals surface area contributed by atoms with Gasteiger partial charge >= 0.3 is 12.4 Å². The van der Waals surface area contributed by atoms with Crippen LogP contribution >= 0.6 is 22.9 Å². The number of hydrogen-bond donors (Lipinski definition) is 1. The van der Waals surface area contributed by atoms with Gasteiger partial charge in [-0.1, -0.05) is 16.8 Å². The highest BCUT2D eigenvalue weighted by molar-refractivity contribution is 7.16. The normalized spacial score (nSPS) is 18.1. The van der Waals surface area contributed by atoms with E-state index in [1.807, 2.05) is 0 Å². The Balaban J connectivity index is 1.70. The average molecular weight is 552 g/mol. The molecule has 5 nitrogen and oxygen atoms in total. The quantitative estimate of drug-likeness (QED) is 0.352. The van der Waals surface area contributed by atoms with E-state index < -0.39 is 52.2 Å². The molecule has 3 aromatic rings. The number of oxime groups is 1. The fraction of sp³-hybridized carbons (Fsp3) is 0.227. The van der Waals surface area contributed by atoms with Gasteiger partial charge in [-0.15, -0.1) is 11.3 Å². The van der Waals surface area contributed by atoms with E-state index in [9.17, 15) is 35.5 Å². The number of aromatic nitrogens is 1. The summed E-state index contributed by atoms with van der Waals surface area (Å²) in [5.74, 6) is -2.26. The summed E-state index contributed by atoms with van der Waals surface area (Å²) >= 11 is 6.31. The molecule has 1 N–H and O–H groups in total. The van der Waals surface area contributed by atoms with Crippen LogP contribution in [0.5, 0.6) is 0 Å². The van der Waals surface area contributed by atoms with Gasteiger partial charge in [0, 0.05) is 23.6 Å². The third-order valence-electron chi connectivity index (χ3n) is 5.32. The third-order valence-corrected chi connectivity index (χ3v) is 6.88. The van der Waals surface area contributed by atoms with E-state index in [1.165, 1.54) is 30.6 Å². The number of carbonyl (C=O) groups excluding carboxylic acids is 1. The van der Waals surface area contributed by atoms with Crippen molar-refractivity contribution in [3.8, 4) is 0 Å². The lowest BCUT2D eigenvalue weighted by atomic mass is 9.86. The number of thiophene rings is 1. The van der Waals surface area contributed by atoms with Crippen LogP contribution < -0.4 is 5.32 Å². The maximum Gasteiger partial charge on any atom is 0.435 e. The highest BCUT2D eigenvalue weighted by atomic mass is 35.5. The Labute approximate surface area is 207 Å². The molecule has 0 unspecified atom stereocenters. The second-order valence-corrected chi connectivity index (χ2v) is 9.22. The molecule has 1 aliphatic rings. The summed E-state index contributed by atoms with van der Waals surface area (Å²) in [5.41, 5.74) is -6.07. The van der Waals surface area contributed by atoms with Crippen LogP contribution in [0.1, 0.15) is 37.7 Å². The van der Waals surface area contributed by atoms with Gasteiger partial charge in [-0.05, 0) is 42.8 Å². The van der Waals surface area contributed by atoms with Crippen molar-refractivity contribution in [2.75, 3.05) is 5.32 Å². The fourth-order valence-corrected chi connectivity index (χ4v) is 4.80. The molecule has 2 aromatic heterocycles. The minimum absolute atomic E-state index is 0.0143. The molecule has 1 aromatic carbocycles. The Bertz CT molecular complexity index is 1360. The van der Waals surface area contributed by atoms with Crippen molar-refractivity contribution in [3.05, 3.63) is 80.0 Å². The first-order valence-corrected chi connectivity index (χ1v) is 11.1. The second kappa shape index (κ2) is 9.04. The van der Waals surface area contributed by atoms with E-state index >= 15 is 0 Å². The first-order chi connectivity index (χ1) is 16.7. The zero-order valence-corrected chi connectivity index (χ0v) is 19.5. The van der Waals surface area contributed by atoms with Crippen molar-refractivity contribution in [1.29, 1.82) is 0 Å². The zero-order valence-electron chi connectivity index (χ0n) is 17.9. The molecular formula is C22H13ClF7N3O2S. The Morgan fingerprint density at radius 3 is 2.42 bits per heavy atom. The van der Waals surface area contributed by atoms with E-state index in [1.54, 1.807) is 6.92 Å². The highest BCUT2D eigenvalue weighted by Gasteiger charge is 2.64. The standard InChI is InChI=1S/C22H13ClF7N3O2S/c1-10-6-16(36-18(10)19(34)32-12-2-4-31-5-3-12)15-9-20(35-33-15,22(28,29)30)13-7-11(21(25,26)27)8-14(23)17(13)24/h2-8H,9H2,1H3,(H,31,32,34)/t20-/m1/s1. The molecular weight excluding hydrogens is 539 g/mol. The molecule has 0 radical (unpaired) electrons. The lowest BCUT2D eigenvalue weighted by Gasteiger charge is -2.30. The number of alkyl halides is 6. The Morgan fingerprint density at radius 1 is 1.14 bits per heavy atom. The van der Waals surface area contributed by atoms with Crippen LogP contribution in [0.15, 0.2) is 47.9 Å². The van der Waals surface area contributed by atoms with Gasteiger partial charge in [0.2, 0.25) is 0 Å². The summed E-state index contributed by atoms with van der Waals surface area (Å²) in [6.07, 6.45) is -8.72. The number of halogens is 8. The first-order valence-electron chi connectivity index (χ1n) is 9.93. The van der Waals surface area contributed by atoms with E-state index in [0.717, 1.165) is 11.3 Å². The molecule has 14 heteroatoms. The van der Waals surface area contributed by atoms with Gasteiger partial charge in [0.25, 0.3) is 11.5 Å². The van der Waals surface area contributed by atoms with E-state index in [4.69, 9.17) is 11.6 Å². The summed E-state index contributed by atoms with van der Waals surface area (Å²) in [4.78, 5) is 21.4. The fourth-order valence-electron chi connectivity index (χ4n) is 3.53. The van der Waals surface area contributed by atoms with Gasteiger partial charge in [-0.3, -0.25) is 9.78 Å². The summed E-state index contributed by atoms with van der Waals surface area (Å²) < 4.78 is 97.1. The summed E-state index contributed by atoms with van der Waals surface area (Å²) in [6.45, 7) is 1.54. The molecule has 0 spiro atoms. The molecule has 4 rings (SSSR count). The van der Waals surface area contributed by atoms with Gasteiger partial charge in [0.05, 0.1) is 26.8 Å². The molecule has 0 fully saturated rings. The van der Waals surface area contributed by atoms with Crippen molar-refractivity contribution in [3.63, 3.8) is 0 Å². The van der Waals surface area contributed by atoms with Crippen LogP contribution in [0.2, 0.25) is 5.02 Å². The van der Waals surface area contributed by atoms with Crippen LogP contribution in [0.4, 0.5) is 36.4 Å². The monoisotopic (exact) mass is 551 g/mol. The summed E-state index contributed by atoms with van der Waals surface area (Å²) in [6, 6.07) is 4.65. The smallest absolute Gasteiger partial charge is 0.374 e. The van der Waals surface area contributed by atoms with Crippen molar-refractivity contribution < 1.29 is 40.4 Å². The number of aryl methyl sites for hydroxylation is 1. The van der Waals surface area contributed by atoms with Crippen molar-refractivity contribution >= 4 is 40.2 Å². The number of rotatable bonds is 4. The molecule has 3 heterocycles. The van der Waals surface area contributed by atoms with Crippen LogP contribution in [-0.2, 0) is 16.6 Å². The van der Waals surface area contributed by atoms with Crippen LogP contribution in [0.25, 0.3) is 0 Å². The van der Waals surface area contributed by atoms with Crippen molar-refractivity contribution in [1.82, 2.24) is 4.98 Å². The Kier molecular flexibility index (Phi) is 6.50. The van der Waals surface area contributed by atoms with Gasteiger partial charge in [0.1, 0.15) is 11.5 Å². The number of nitrogens with zero attached hydrogens (tertiary/aromatic N) is 2. The molecule has 190 valence electrons. The second-order valence-electron chi connectivity index (χ2n) is 7.76. The molecule has 1 aliphatic heterocycles. The molecule has 1 atom stereocenters. The van der Waals surface area contributed by atoms with Crippen LogP contribution in [-0.4, -0.2) is 22.8 Å². The number of nitrogens with one attached hydrogen (secondary N) is 1. The maximum atomic E-state index is 14.7. The number of carbonyl (C=O) groups is 1. The zero-order chi connectivity index (χ0) is 26.5. The lowest BCUT2D eigenvalue weighted by Crippen LogP contribution is -2.43. The van der Waals surface area contributed by atoms with Crippen LogP contribution in [0, 0.1) is 12.7 Å². The number of hydrogen-bond acceptors (Lipinski definition) is 5. The van der Waals surface area contributed by atoms with Crippen molar-refractivity contribution in [2.24, 2.45) is 5.16 Å². The topological polar surface area (TPSA) is 63.6 Å². The third kappa shape index (κ3) is 4.64. The van der Waals surface area contributed by atoms with Gasteiger partial charge < -0.3 is 10.2 Å². The minimum atomic E-state index is -5.37. The SMILES string of the molecule is Cc1cc(C2=NO[C@](c3cc(C(F)(F)F)cc(Cl)c3F)(C(F)(F)F)C2)sc1C(=O)Nc1ccncc1.